The molecule has 22 heavy (non-hydrogen) atoms. The molecule has 5 nitrogen and oxygen atoms in total. The first-order chi connectivity index (χ1) is 10.5. The number of aryl methyl sites for hydroxylation is 1. The highest BCUT2D eigenvalue weighted by atomic mass is 32.1. The first-order valence-corrected chi connectivity index (χ1v) is 8.95. The van der Waals surface area contributed by atoms with Crippen LogP contribution in [0.5, 0.6) is 0 Å². The summed E-state index contributed by atoms with van der Waals surface area (Å²) in [4.78, 5) is 19.8. The van der Waals surface area contributed by atoms with E-state index >= 15 is 0 Å². The minimum Gasteiger partial charge on any atom is -0.347 e. The summed E-state index contributed by atoms with van der Waals surface area (Å²) in [6.45, 7) is 8.78. The number of aromatic nitrogens is 3. The molecule has 0 atom stereocenters. The van der Waals surface area contributed by atoms with E-state index in [1.54, 1.807) is 6.07 Å². The quantitative estimate of drug-likeness (QED) is 0.872. The van der Waals surface area contributed by atoms with Crippen molar-refractivity contribution in [2.75, 3.05) is 18.0 Å². The Morgan fingerprint density at radius 3 is 2.91 bits per heavy atom. The van der Waals surface area contributed by atoms with Crippen LogP contribution in [0.3, 0.4) is 0 Å². The van der Waals surface area contributed by atoms with E-state index in [0.717, 1.165) is 48.1 Å². The van der Waals surface area contributed by atoms with Crippen molar-refractivity contribution in [3.05, 3.63) is 22.1 Å². The van der Waals surface area contributed by atoms with Gasteiger partial charge in [0.25, 0.3) is 5.56 Å². The molecule has 3 heterocycles. The average molecular weight is 320 g/mol. The van der Waals surface area contributed by atoms with Crippen molar-refractivity contribution in [2.24, 2.45) is 5.41 Å². The average Bonchev–Trinajstić information content (AvgIpc) is 2.78. The van der Waals surface area contributed by atoms with E-state index < -0.39 is 0 Å². The molecule has 1 fully saturated rings. The number of fused-ring (bicyclic) bond motifs is 1. The van der Waals surface area contributed by atoms with Gasteiger partial charge in [-0.2, -0.15) is 4.52 Å². The topological polar surface area (TPSA) is 50.5 Å². The molecule has 0 aromatic carbocycles. The van der Waals surface area contributed by atoms with Crippen molar-refractivity contribution < 1.29 is 0 Å². The molecule has 0 N–H and O–H groups in total. The summed E-state index contributed by atoms with van der Waals surface area (Å²) in [7, 11) is 0. The Balaban J connectivity index is 1.91. The van der Waals surface area contributed by atoms with Crippen LogP contribution in [0.4, 0.5) is 5.13 Å². The second kappa shape index (κ2) is 5.99. The molecule has 6 heteroatoms. The van der Waals surface area contributed by atoms with Gasteiger partial charge in [-0.1, -0.05) is 38.5 Å². The van der Waals surface area contributed by atoms with Crippen LogP contribution in [-0.2, 0) is 6.42 Å². The van der Waals surface area contributed by atoms with Crippen molar-refractivity contribution in [1.82, 2.24) is 14.6 Å². The molecule has 3 rings (SSSR count). The monoisotopic (exact) mass is 320 g/mol. The Kier molecular flexibility index (Phi) is 4.21. The molecule has 0 aliphatic carbocycles. The zero-order chi connectivity index (χ0) is 15.7. The van der Waals surface area contributed by atoms with E-state index in [1.807, 2.05) is 0 Å². The molecule has 0 bridgehead atoms. The molecule has 120 valence electrons. The maximum absolute atomic E-state index is 12.2. The van der Waals surface area contributed by atoms with Crippen LogP contribution in [-0.4, -0.2) is 27.7 Å². The normalized spacial score (nSPS) is 18.6. The van der Waals surface area contributed by atoms with Gasteiger partial charge in [0.1, 0.15) is 0 Å². The molecule has 0 radical (unpaired) electrons. The fourth-order valence-corrected chi connectivity index (χ4v) is 3.95. The summed E-state index contributed by atoms with van der Waals surface area (Å²) in [5, 5.41) is 5.44. The maximum Gasteiger partial charge on any atom is 0.275 e. The molecule has 1 aliphatic rings. The lowest BCUT2D eigenvalue weighted by Crippen LogP contribution is -2.25. The van der Waals surface area contributed by atoms with E-state index in [4.69, 9.17) is 0 Å². The molecule has 1 saturated heterocycles. The largest absolute Gasteiger partial charge is 0.347 e. The minimum absolute atomic E-state index is 0.0638. The fourth-order valence-electron chi connectivity index (χ4n) is 2.97. The SMILES string of the molecule is CCCc1cc(=O)n2nc(N3CCCC(C)(C)CC3)sc2n1. The van der Waals surface area contributed by atoms with Crippen molar-refractivity contribution in [3.63, 3.8) is 0 Å². The Labute approximate surface area is 135 Å². The zero-order valence-electron chi connectivity index (χ0n) is 13.6. The van der Waals surface area contributed by atoms with Gasteiger partial charge in [-0.25, -0.2) is 4.98 Å². The van der Waals surface area contributed by atoms with Gasteiger partial charge in [-0.15, -0.1) is 5.10 Å². The zero-order valence-corrected chi connectivity index (χ0v) is 14.4. The van der Waals surface area contributed by atoms with E-state index in [-0.39, 0.29) is 5.56 Å². The molecule has 0 amide bonds. The van der Waals surface area contributed by atoms with Crippen molar-refractivity contribution in [1.29, 1.82) is 0 Å². The summed E-state index contributed by atoms with van der Waals surface area (Å²) in [5.41, 5.74) is 1.21. The van der Waals surface area contributed by atoms with Crippen molar-refractivity contribution in [3.8, 4) is 0 Å². The predicted molar refractivity (Wildman–Crippen MR) is 91.0 cm³/mol. The molecular formula is C16H24N4OS. The molecule has 1 aliphatic heterocycles. The number of anilines is 1. The first-order valence-electron chi connectivity index (χ1n) is 8.13. The van der Waals surface area contributed by atoms with Gasteiger partial charge in [0.2, 0.25) is 10.1 Å². The molecular weight excluding hydrogens is 296 g/mol. The lowest BCUT2D eigenvalue weighted by atomic mass is 9.85. The number of nitrogens with zero attached hydrogens (tertiary/aromatic N) is 4. The van der Waals surface area contributed by atoms with Gasteiger partial charge in [-0.05, 0) is 31.1 Å². The van der Waals surface area contributed by atoms with Crippen LogP contribution in [0.25, 0.3) is 4.96 Å². The molecule has 2 aromatic rings. The smallest absolute Gasteiger partial charge is 0.275 e. The summed E-state index contributed by atoms with van der Waals surface area (Å²) in [6, 6.07) is 1.62. The summed E-state index contributed by atoms with van der Waals surface area (Å²) in [6.07, 6.45) is 5.41. The van der Waals surface area contributed by atoms with Gasteiger partial charge >= 0.3 is 0 Å². The van der Waals surface area contributed by atoms with Crippen LogP contribution >= 0.6 is 11.3 Å². The summed E-state index contributed by atoms with van der Waals surface area (Å²) < 4.78 is 1.45. The third kappa shape index (κ3) is 3.16. The minimum atomic E-state index is -0.0638. The summed E-state index contributed by atoms with van der Waals surface area (Å²) in [5.74, 6) is 0. The predicted octanol–water partition coefficient (Wildman–Crippen LogP) is 3.12. The number of hydrogen-bond donors (Lipinski definition) is 0. The highest BCUT2D eigenvalue weighted by Crippen LogP contribution is 2.32. The fraction of sp³-hybridized carbons (Fsp3) is 0.688. The standard InChI is InChI=1S/C16H24N4OS/c1-4-6-12-11-13(21)20-14(17-12)22-15(18-20)19-9-5-7-16(2,3)8-10-19/h11H,4-10H2,1-3H3. The first kappa shape index (κ1) is 15.5. The van der Waals surface area contributed by atoms with E-state index in [1.165, 1.54) is 28.7 Å². The Morgan fingerprint density at radius 2 is 2.14 bits per heavy atom. The maximum atomic E-state index is 12.2. The molecule has 0 unspecified atom stereocenters. The van der Waals surface area contributed by atoms with E-state index in [2.05, 4.69) is 35.8 Å². The van der Waals surface area contributed by atoms with Gasteiger partial charge in [0.15, 0.2) is 0 Å². The highest BCUT2D eigenvalue weighted by Gasteiger charge is 2.25. The highest BCUT2D eigenvalue weighted by molar-refractivity contribution is 7.20. The second-order valence-corrected chi connectivity index (χ2v) is 7.85. The third-order valence-electron chi connectivity index (χ3n) is 4.40. The van der Waals surface area contributed by atoms with Gasteiger partial charge in [0.05, 0.1) is 0 Å². The molecule has 0 saturated carbocycles. The van der Waals surface area contributed by atoms with Gasteiger partial charge in [0, 0.05) is 24.8 Å². The van der Waals surface area contributed by atoms with Gasteiger partial charge in [-0.3, -0.25) is 4.79 Å². The van der Waals surface area contributed by atoms with Crippen LogP contribution in [0.2, 0.25) is 0 Å². The van der Waals surface area contributed by atoms with Gasteiger partial charge < -0.3 is 4.90 Å². The van der Waals surface area contributed by atoms with Crippen molar-refractivity contribution in [2.45, 2.75) is 52.9 Å². The summed E-state index contributed by atoms with van der Waals surface area (Å²) >= 11 is 1.53. The Bertz CT molecular complexity index is 718. The van der Waals surface area contributed by atoms with Crippen LogP contribution in [0.1, 0.15) is 52.1 Å². The number of hydrogen-bond acceptors (Lipinski definition) is 5. The third-order valence-corrected chi connectivity index (χ3v) is 5.37. The van der Waals surface area contributed by atoms with E-state index in [9.17, 15) is 4.79 Å². The lowest BCUT2D eigenvalue weighted by molar-refractivity contribution is 0.325. The van der Waals surface area contributed by atoms with Crippen molar-refractivity contribution >= 4 is 21.4 Å². The van der Waals surface area contributed by atoms with E-state index in [0.29, 0.717) is 5.41 Å². The lowest BCUT2D eigenvalue weighted by Gasteiger charge is -2.22. The Morgan fingerprint density at radius 1 is 1.32 bits per heavy atom. The van der Waals surface area contributed by atoms with Crippen LogP contribution < -0.4 is 10.5 Å². The Hall–Kier alpha value is -1.43. The second-order valence-electron chi connectivity index (χ2n) is 6.92. The molecule has 2 aromatic heterocycles. The van der Waals surface area contributed by atoms with Crippen LogP contribution in [0.15, 0.2) is 10.9 Å². The number of rotatable bonds is 3. The van der Waals surface area contributed by atoms with Crippen LogP contribution in [0, 0.1) is 5.41 Å². The molecule has 0 spiro atoms.